The number of benzene rings is 1. The molecule has 158 valence electrons. The summed E-state index contributed by atoms with van der Waals surface area (Å²) in [6.45, 7) is 6.28. The minimum absolute atomic E-state index is 0.00627. The van der Waals surface area contributed by atoms with E-state index in [2.05, 4.69) is 63.5 Å². The zero-order chi connectivity index (χ0) is 20.9. The monoisotopic (exact) mass is 407 g/mol. The Balaban J connectivity index is 1.47. The van der Waals surface area contributed by atoms with Crippen molar-refractivity contribution in [3.05, 3.63) is 47.4 Å². The lowest BCUT2D eigenvalue weighted by Crippen LogP contribution is -2.36. The lowest BCUT2D eigenvalue weighted by Gasteiger charge is -2.25. The number of hydrogen-bond donors (Lipinski definition) is 4. The Bertz CT molecular complexity index is 887. The van der Waals surface area contributed by atoms with Crippen LogP contribution in [0.15, 0.2) is 30.6 Å². The van der Waals surface area contributed by atoms with E-state index in [4.69, 9.17) is 10.00 Å². The first-order valence-electron chi connectivity index (χ1n) is 10.6. The average Bonchev–Trinajstić information content (AvgIpc) is 3.22. The molecule has 2 aromatic rings. The Morgan fingerprint density at radius 2 is 2.00 bits per heavy atom. The molecule has 2 unspecified atom stereocenters. The topological polar surface area (TPSA) is 107 Å². The van der Waals surface area contributed by atoms with E-state index >= 15 is 0 Å². The Kier molecular flexibility index (Phi) is 6.43. The second kappa shape index (κ2) is 9.39. The highest BCUT2D eigenvalue weighted by Crippen LogP contribution is 2.35. The minimum Gasteiger partial charge on any atom is -0.491 e. The molecule has 0 radical (unpaired) electrons. The SMILES string of the molecule is CC(C)Oc1cc(C2CCNCC2)ccc1C1CC(Nc2cnc(C#N)cn2)NN1. The van der Waals surface area contributed by atoms with Crippen LogP contribution in [0.2, 0.25) is 0 Å². The molecule has 0 spiro atoms. The Morgan fingerprint density at radius 1 is 1.17 bits per heavy atom. The zero-order valence-electron chi connectivity index (χ0n) is 17.5. The summed E-state index contributed by atoms with van der Waals surface area (Å²) in [5.41, 5.74) is 9.49. The molecule has 3 heterocycles. The van der Waals surface area contributed by atoms with Crippen molar-refractivity contribution in [1.29, 1.82) is 5.26 Å². The van der Waals surface area contributed by atoms with Gasteiger partial charge in [-0.05, 0) is 57.3 Å². The van der Waals surface area contributed by atoms with Crippen LogP contribution in [0, 0.1) is 11.3 Å². The summed E-state index contributed by atoms with van der Waals surface area (Å²) in [4.78, 5) is 8.30. The van der Waals surface area contributed by atoms with E-state index in [9.17, 15) is 0 Å². The standard InChI is InChI=1S/C22H29N7O/c1-14(2)30-20-9-16(15-5-7-24-8-6-15)3-4-18(20)19-10-21(29-28-19)27-22-13-25-17(11-23)12-26-22/h3-4,9,12-15,19,21,24,28-29H,5-8,10H2,1-2H3,(H,26,27). The molecule has 0 saturated carbocycles. The summed E-state index contributed by atoms with van der Waals surface area (Å²) in [6.07, 6.45) is 6.31. The lowest BCUT2D eigenvalue weighted by molar-refractivity contribution is 0.237. The Morgan fingerprint density at radius 3 is 2.70 bits per heavy atom. The molecule has 2 atom stereocenters. The fourth-order valence-corrected chi connectivity index (χ4v) is 4.10. The molecule has 2 aliphatic heterocycles. The van der Waals surface area contributed by atoms with Gasteiger partial charge in [0.2, 0.25) is 0 Å². The van der Waals surface area contributed by atoms with E-state index in [0.29, 0.717) is 17.4 Å². The summed E-state index contributed by atoms with van der Waals surface area (Å²) >= 11 is 0. The van der Waals surface area contributed by atoms with Crippen LogP contribution in [0.5, 0.6) is 5.75 Å². The van der Waals surface area contributed by atoms with Gasteiger partial charge in [0, 0.05) is 12.0 Å². The highest BCUT2D eigenvalue weighted by atomic mass is 16.5. The molecule has 4 rings (SSSR count). The second-order valence-electron chi connectivity index (χ2n) is 8.16. The molecule has 1 aromatic heterocycles. The summed E-state index contributed by atoms with van der Waals surface area (Å²) in [5, 5.41) is 15.6. The normalized spacial score (nSPS) is 22.1. The first-order valence-corrected chi connectivity index (χ1v) is 10.6. The van der Waals surface area contributed by atoms with Gasteiger partial charge in [-0.25, -0.2) is 20.8 Å². The molecule has 8 heteroatoms. The highest BCUT2D eigenvalue weighted by molar-refractivity contribution is 5.42. The van der Waals surface area contributed by atoms with E-state index in [-0.39, 0.29) is 18.3 Å². The van der Waals surface area contributed by atoms with E-state index in [1.54, 1.807) is 6.20 Å². The van der Waals surface area contributed by atoms with E-state index in [0.717, 1.165) is 30.8 Å². The van der Waals surface area contributed by atoms with Crippen LogP contribution in [0.3, 0.4) is 0 Å². The van der Waals surface area contributed by atoms with Crippen molar-refractivity contribution >= 4 is 5.82 Å². The van der Waals surface area contributed by atoms with Gasteiger partial charge in [0.25, 0.3) is 0 Å². The van der Waals surface area contributed by atoms with Crippen LogP contribution in [-0.2, 0) is 0 Å². The highest BCUT2D eigenvalue weighted by Gasteiger charge is 2.28. The summed E-state index contributed by atoms with van der Waals surface area (Å²) < 4.78 is 6.21. The van der Waals surface area contributed by atoms with Crippen molar-refractivity contribution in [2.45, 2.75) is 57.3 Å². The zero-order valence-corrected chi connectivity index (χ0v) is 17.5. The van der Waals surface area contributed by atoms with Crippen LogP contribution >= 0.6 is 0 Å². The van der Waals surface area contributed by atoms with Gasteiger partial charge in [-0.2, -0.15) is 5.26 Å². The second-order valence-corrected chi connectivity index (χ2v) is 8.16. The number of nitriles is 1. The molecule has 0 bridgehead atoms. The van der Waals surface area contributed by atoms with Gasteiger partial charge in [0.05, 0.1) is 30.7 Å². The quantitative estimate of drug-likeness (QED) is 0.579. The van der Waals surface area contributed by atoms with Crippen LogP contribution in [0.1, 0.15) is 61.9 Å². The van der Waals surface area contributed by atoms with Crippen LogP contribution in [0.25, 0.3) is 0 Å². The molecule has 4 N–H and O–H groups in total. The Labute approximate surface area is 177 Å². The molecular weight excluding hydrogens is 378 g/mol. The van der Waals surface area contributed by atoms with Gasteiger partial charge in [-0.15, -0.1) is 0 Å². The van der Waals surface area contributed by atoms with E-state index in [1.807, 2.05) is 6.07 Å². The average molecular weight is 408 g/mol. The van der Waals surface area contributed by atoms with E-state index in [1.165, 1.54) is 24.6 Å². The maximum Gasteiger partial charge on any atom is 0.158 e. The molecule has 2 fully saturated rings. The number of rotatable bonds is 6. The molecule has 0 aliphatic carbocycles. The molecular formula is C22H29N7O. The molecule has 30 heavy (non-hydrogen) atoms. The molecule has 2 aliphatic rings. The minimum atomic E-state index is -0.00627. The maximum atomic E-state index is 8.85. The number of anilines is 1. The van der Waals surface area contributed by atoms with Gasteiger partial charge < -0.3 is 15.4 Å². The third-order valence-corrected chi connectivity index (χ3v) is 5.58. The van der Waals surface area contributed by atoms with Gasteiger partial charge >= 0.3 is 0 Å². The molecule has 1 aromatic carbocycles. The molecule has 0 amide bonds. The molecule has 8 nitrogen and oxygen atoms in total. The fraction of sp³-hybridized carbons (Fsp3) is 0.500. The number of ether oxygens (including phenoxy) is 1. The number of hydrazine groups is 1. The van der Waals surface area contributed by atoms with Crippen molar-refractivity contribution in [1.82, 2.24) is 26.1 Å². The van der Waals surface area contributed by atoms with Crippen LogP contribution in [-0.4, -0.2) is 35.3 Å². The smallest absolute Gasteiger partial charge is 0.158 e. The lowest BCUT2D eigenvalue weighted by atomic mass is 9.88. The van der Waals surface area contributed by atoms with Crippen LogP contribution < -0.4 is 26.2 Å². The fourth-order valence-electron chi connectivity index (χ4n) is 4.10. The number of hydrogen-bond acceptors (Lipinski definition) is 8. The summed E-state index contributed by atoms with van der Waals surface area (Å²) in [6, 6.07) is 8.79. The first kappa shape index (κ1) is 20.5. The first-order chi connectivity index (χ1) is 14.6. The summed E-state index contributed by atoms with van der Waals surface area (Å²) in [5.74, 6) is 2.18. The van der Waals surface area contributed by atoms with Gasteiger partial charge in [-0.1, -0.05) is 12.1 Å². The molecule has 2 saturated heterocycles. The van der Waals surface area contributed by atoms with Crippen molar-refractivity contribution in [2.24, 2.45) is 0 Å². The van der Waals surface area contributed by atoms with Crippen molar-refractivity contribution < 1.29 is 4.74 Å². The maximum absolute atomic E-state index is 8.85. The predicted octanol–water partition coefficient (Wildman–Crippen LogP) is 2.58. The van der Waals surface area contributed by atoms with Gasteiger partial charge in [-0.3, -0.25) is 0 Å². The van der Waals surface area contributed by atoms with Crippen molar-refractivity contribution in [3.63, 3.8) is 0 Å². The van der Waals surface area contributed by atoms with E-state index < -0.39 is 0 Å². The third-order valence-electron chi connectivity index (χ3n) is 5.58. The number of nitrogens with one attached hydrogen (secondary N) is 4. The number of piperidine rings is 1. The van der Waals surface area contributed by atoms with Gasteiger partial charge in [0.1, 0.15) is 17.6 Å². The van der Waals surface area contributed by atoms with Gasteiger partial charge in [0.15, 0.2) is 5.69 Å². The summed E-state index contributed by atoms with van der Waals surface area (Å²) in [7, 11) is 0. The Hall–Kier alpha value is -2.73. The van der Waals surface area contributed by atoms with Crippen molar-refractivity contribution in [2.75, 3.05) is 18.4 Å². The van der Waals surface area contributed by atoms with Crippen molar-refractivity contribution in [3.8, 4) is 11.8 Å². The largest absolute Gasteiger partial charge is 0.491 e. The number of nitrogens with zero attached hydrogens (tertiary/aromatic N) is 3. The third kappa shape index (κ3) is 4.87. The number of aromatic nitrogens is 2. The predicted molar refractivity (Wildman–Crippen MR) is 115 cm³/mol. The van der Waals surface area contributed by atoms with Crippen LogP contribution in [0.4, 0.5) is 5.82 Å².